The SMILES string of the molecule is Cn1c(=O)n(C)c2cc(NC(=O)c3sc4ncccc4c3N)ccc21. The van der Waals surface area contributed by atoms with Gasteiger partial charge in [-0.05, 0) is 30.3 Å². The largest absolute Gasteiger partial charge is 0.397 e. The van der Waals surface area contributed by atoms with Crippen molar-refractivity contribution in [3.8, 4) is 0 Å². The summed E-state index contributed by atoms with van der Waals surface area (Å²) < 4.78 is 3.11. The van der Waals surface area contributed by atoms with Crippen molar-refractivity contribution in [3.63, 3.8) is 0 Å². The van der Waals surface area contributed by atoms with Crippen molar-refractivity contribution < 1.29 is 4.79 Å². The molecule has 0 spiro atoms. The summed E-state index contributed by atoms with van der Waals surface area (Å²) in [6.07, 6.45) is 1.67. The molecule has 3 N–H and O–H groups in total. The molecular formula is C17H15N5O2S. The molecule has 0 aliphatic heterocycles. The van der Waals surface area contributed by atoms with Gasteiger partial charge in [0.05, 0.1) is 16.7 Å². The molecule has 25 heavy (non-hydrogen) atoms. The number of hydrogen-bond acceptors (Lipinski definition) is 5. The van der Waals surface area contributed by atoms with E-state index in [0.29, 0.717) is 16.3 Å². The lowest BCUT2D eigenvalue weighted by atomic mass is 10.2. The molecule has 0 radical (unpaired) electrons. The fraction of sp³-hybridized carbons (Fsp3) is 0.118. The Morgan fingerprint density at radius 2 is 1.96 bits per heavy atom. The number of thiophene rings is 1. The monoisotopic (exact) mass is 353 g/mol. The number of fused-ring (bicyclic) bond motifs is 2. The van der Waals surface area contributed by atoms with Crippen LogP contribution in [-0.4, -0.2) is 20.0 Å². The van der Waals surface area contributed by atoms with E-state index in [1.807, 2.05) is 12.1 Å². The average Bonchev–Trinajstić information content (AvgIpc) is 3.06. The number of nitrogens with one attached hydrogen (secondary N) is 1. The van der Waals surface area contributed by atoms with Gasteiger partial charge in [-0.2, -0.15) is 0 Å². The quantitative estimate of drug-likeness (QED) is 0.578. The number of pyridine rings is 1. The summed E-state index contributed by atoms with van der Waals surface area (Å²) >= 11 is 1.26. The van der Waals surface area contributed by atoms with E-state index in [1.165, 1.54) is 11.3 Å². The third-order valence-electron chi connectivity index (χ3n) is 4.24. The molecule has 0 aliphatic rings. The predicted molar refractivity (Wildman–Crippen MR) is 100 cm³/mol. The number of nitrogens with two attached hydrogens (primary N) is 1. The van der Waals surface area contributed by atoms with Crippen LogP contribution in [0.2, 0.25) is 0 Å². The Bertz CT molecular complexity index is 1200. The second-order valence-corrected chi connectivity index (χ2v) is 6.76. The highest BCUT2D eigenvalue weighted by atomic mass is 32.1. The lowest BCUT2D eigenvalue weighted by Gasteiger charge is -2.05. The molecule has 3 aromatic heterocycles. The summed E-state index contributed by atoms with van der Waals surface area (Å²) in [6, 6.07) is 8.98. The number of aryl methyl sites for hydroxylation is 2. The summed E-state index contributed by atoms with van der Waals surface area (Å²) in [6.45, 7) is 0. The summed E-state index contributed by atoms with van der Waals surface area (Å²) in [7, 11) is 3.42. The zero-order valence-electron chi connectivity index (χ0n) is 13.6. The molecule has 0 saturated carbocycles. The first-order chi connectivity index (χ1) is 12.0. The second kappa shape index (κ2) is 5.45. The third kappa shape index (κ3) is 2.30. The molecule has 4 rings (SSSR count). The molecule has 7 nitrogen and oxygen atoms in total. The maximum atomic E-state index is 12.6. The molecule has 0 fully saturated rings. The number of anilines is 2. The Balaban J connectivity index is 1.73. The van der Waals surface area contributed by atoms with E-state index in [4.69, 9.17) is 5.73 Å². The Labute approximate surface area is 146 Å². The van der Waals surface area contributed by atoms with E-state index in [1.54, 1.807) is 47.6 Å². The Morgan fingerprint density at radius 1 is 1.20 bits per heavy atom. The van der Waals surface area contributed by atoms with Crippen molar-refractivity contribution in [2.45, 2.75) is 0 Å². The number of hydrogen-bond donors (Lipinski definition) is 2. The lowest BCUT2D eigenvalue weighted by molar-refractivity contribution is 0.103. The maximum absolute atomic E-state index is 12.6. The molecule has 0 saturated heterocycles. The van der Waals surface area contributed by atoms with Crippen LogP contribution in [0.1, 0.15) is 9.67 Å². The van der Waals surface area contributed by atoms with Gasteiger partial charge < -0.3 is 11.1 Å². The minimum atomic E-state index is -0.291. The van der Waals surface area contributed by atoms with E-state index in [0.717, 1.165) is 21.3 Å². The molecule has 0 bridgehead atoms. The molecule has 3 heterocycles. The molecule has 0 atom stereocenters. The van der Waals surface area contributed by atoms with E-state index >= 15 is 0 Å². The van der Waals surface area contributed by atoms with Crippen molar-refractivity contribution in [1.29, 1.82) is 0 Å². The number of aromatic nitrogens is 3. The summed E-state index contributed by atoms with van der Waals surface area (Å²) in [4.78, 5) is 30.0. The zero-order chi connectivity index (χ0) is 17.7. The molecular weight excluding hydrogens is 338 g/mol. The molecule has 1 amide bonds. The van der Waals surface area contributed by atoms with Gasteiger partial charge in [0.15, 0.2) is 0 Å². The number of rotatable bonds is 2. The lowest BCUT2D eigenvalue weighted by Crippen LogP contribution is -2.19. The first kappa shape index (κ1) is 15.4. The number of nitrogens with zero attached hydrogens (tertiary/aromatic N) is 3. The van der Waals surface area contributed by atoms with Crippen LogP contribution < -0.4 is 16.7 Å². The van der Waals surface area contributed by atoms with Crippen LogP contribution in [0.3, 0.4) is 0 Å². The summed E-state index contributed by atoms with van der Waals surface area (Å²) in [5.74, 6) is -0.291. The fourth-order valence-electron chi connectivity index (χ4n) is 2.89. The summed E-state index contributed by atoms with van der Waals surface area (Å²) in [5, 5.41) is 3.62. The minimum absolute atomic E-state index is 0.113. The Kier molecular flexibility index (Phi) is 3.36. The van der Waals surface area contributed by atoms with E-state index in [-0.39, 0.29) is 11.6 Å². The maximum Gasteiger partial charge on any atom is 0.328 e. The zero-order valence-corrected chi connectivity index (χ0v) is 14.4. The number of benzene rings is 1. The van der Waals surface area contributed by atoms with Crippen LogP contribution in [0.4, 0.5) is 11.4 Å². The smallest absolute Gasteiger partial charge is 0.328 e. The van der Waals surface area contributed by atoms with Crippen LogP contribution >= 0.6 is 11.3 Å². The van der Waals surface area contributed by atoms with Gasteiger partial charge in [-0.3, -0.25) is 13.9 Å². The van der Waals surface area contributed by atoms with Crippen molar-refractivity contribution in [2.75, 3.05) is 11.1 Å². The van der Waals surface area contributed by atoms with Gasteiger partial charge in [-0.25, -0.2) is 9.78 Å². The van der Waals surface area contributed by atoms with E-state index in [2.05, 4.69) is 10.3 Å². The Hall–Kier alpha value is -3.13. The number of nitrogen functional groups attached to an aromatic ring is 1. The van der Waals surface area contributed by atoms with Gasteiger partial charge in [-0.15, -0.1) is 11.3 Å². The van der Waals surface area contributed by atoms with Gasteiger partial charge >= 0.3 is 5.69 Å². The van der Waals surface area contributed by atoms with Crippen LogP contribution in [-0.2, 0) is 14.1 Å². The number of carbonyl (C=O) groups is 1. The second-order valence-electron chi connectivity index (χ2n) is 5.76. The van der Waals surface area contributed by atoms with Gasteiger partial charge in [0.1, 0.15) is 9.71 Å². The molecule has 0 aliphatic carbocycles. The first-order valence-electron chi connectivity index (χ1n) is 7.57. The molecule has 0 unspecified atom stereocenters. The van der Waals surface area contributed by atoms with Crippen LogP contribution in [0.25, 0.3) is 21.3 Å². The number of carbonyl (C=O) groups excluding carboxylic acids is 1. The van der Waals surface area contributed by atoms with E-state index in [9.17, 15) is 9.59 Å². The van der Waals surface area contributed by atoms with Crippen LogP contribution in [0.5, 0.6) is 0 Å². The molecule has 126 valence electrons. The molecule has 1 aromatic carbocycles. The average molecular weight is 353 g/mol. The number of amides is 1. The van der Waals surface area contributed by atoms with Crippen molar-refractivity contribution in [1.82, 2.24) is 14.1 Å². The van der Waals surface area contributed by atoms with Gasteiger partial charge in [0.25, 0.3) is 5.91 Å². The van der Waals surface area contributed by atoms with Crippen LogP contribution in [0, 0.1) is 0 Å². The van der Waals surface area contributed by atoms with Crippen LogP contribution in [0.15, 0.2) is 41.3 Å². The topological polar surface area (TPSA) is 94.9 Å². The van der Waals surface area contributed by atoms with Gasteiger partial charge in [0, 0.05) is 31.4 Å². The molecule has 4 aromatic rings. The van der Waals surface area contributed by atoms with E-state index < -0.39 is 0 Å². The van der Waals surface area contributed by atoms with Crippen molar-refractivity contribution >= 4 is 49.9 Å². The first-order valence-corrected chi connectivity index (χ1v) is 8.39. The highest BCUT2D eigenvalue weighted by molar-refractivity contribution is 7.21. The fourth-order valence-corrected chi connectivity index (χ4v) is 3.85. The van der Waals surface area contributed by atoms with Crippen molar-refractivity contribution in [2.24, 2.45) is 14.1 Å². The minimum Gasteiger partial charge on any atom is -0.397 e. The highest BCUT2D eigenvalue weighted by Crippen LogP contribution is 2.32. The standard InChI is InChI=1S/C17H15N5O2S/c1-21-11-6-5-9(8-12(11)22(2)17(21)24)20-15(23)14-13(18)10-4-3-7-19-16(10)25-14/h3-8H,18H2,1-2H3,(H,20,23). The highest BCUT2D eigenvalue weighted by Gasteiger charge is 2.17. The normalized spacial score (nSPS) is 11.3. The van der Waals surface area contributed by atoms with Gasteiger partial charge in [-0.1, -0.05) is 0 Å². The number of imidazole rings is 1. The predicted octanol–water partition coefficient (Wildman–Crippen LogP) is 2.32. The van der Waals surface area contributed by atoms with Crippen molar-refractivity contribution in [3.05, 3.63) is 51.9 Å². The summed E-state index contributed by atoms with van der Waals surface area (Å²) in [5.41, 5.74) is 8.56. The Morgan fingerprint density at radius 3 is 2.72 bits per heavy atom. The van der Waals surface area contributed by atoms with Gasteiger partial charge in [0.2, 0.25) is 0 Å². The molecule has 8 heteroatoms. The third-order valence-corrected chi connectivity index (χ3v) is 5.37.